The summed E-state index contributed by atoms with van der Waals surface area (Å²) < 4.78 is 34.3. The van der Waals surface area contributed by atoms with Crippen molar-refractivity contribution in [2.45, 2.75) is 35.6 Å². The number of halogens is 2. The second-order valence-corrected chi connectivity index (χ2v) is 9.15. The molecule has 1 N–H and O–H groups in total. The lowest BCUT2D eigenvalue weighted by Gasteiger charge is -2.33. The van der Waals surface area contributed by atoms with Gasteiger partial charge in [0.05, 0.1) is 6.54 Å². The summed E-state index contributed by atoms with van der Waals surface area (Å²) in [5.74, 6) is -0.799. The largest absolute Gasteiger partial charge is 0.382 e. The van der Waals surface area contributed by atoms with Gasteiger partial charge in [-0.1, -0.05) is 17.8 Å². The van der Waals surface area contributed by atoms with E-state index >= 15 is 0 Å². The predicted octanol–water partition coefficient (Wildman–Crippen LogP) is 3.24. The Kier molecular flexibility index (Phi) is 6.03. The zero-order valence-corrected chi connectivity index (χ0v) is 18.1. The standard InChI is InChI=1S/C19H17F2N7OS2/c1-11-5-6-23-16(25-11)17-26-18(31-27-17)30-12(2)19(29,8-28-10-22-9-24-28)14-4-3-13(20)7-15(14)21/h3-7,9-10,12,29H,8H2,1-2H3/t12-,19-/m1/s1. The molecule has 0 saturated heterocycles. The van der Waals surface area contributed by atoms with Crippen LogP contribution in [0.2, 0.25) is 0 Å². The fourth-order valence-corrected chi connectivity index (χ4v) is 4.96. The number of aromatic nitrogens is 7. The van der Waals surface area contributed by atoms with Crippen LogP contribution in [-0.4, -0.2) is 44.4 Å². The van der Waals surface area contributed by atoms with Crippen molar-refractivity contribution in [3.8, 4) is 11.6 Å². The van der Waals surface area contributed by atoms with Crippen molar-refractivity contribution in [2.24, 2.45) is 0 Å². The Morgan fingerprint density at radius 2 is 2.06 bits per heavy atom. The van der Waals surface area contributed by atoms with Gasteiger partial charge in [0.2, 0.25) is 5.82 Å². The third-order valence-corrected chi connectivity index (χ3v) is 6.68. The molecule has 0 aliphatic rings. The lowest BCUT2D eigenvalue weighted by atomic mass is 9.90. The zero-order valence-electron chi connectivity index (χ0n) is 16.5. The minimum Gasteiger partial charge on any atom is -0.382 e. The minimum atomic E-state index is -1.73. The zero-order chi connectivity index (χ0) is 22.0. The first-order valence-corrected chi connectivity index (χ1v) is 10.8. The van der Waals surface area contributed by atoms with E-state index in [1.54, 1.807) is 19.2 Å². The van der Waals surface area contributed by atoms with E-state index < -0.39 is 22.5 Å². The molecule has 0 aliphatic heterocycles. The summed E-state index contributed by atoms with van der Waals surface area (Å²) in [6, 6.07) is 4.87. The number of benzene rings is 1. The van der Waals surface area contributed by atoms with Gasteiger partial charge in [-0.15, -0.1) is 0 Å². The Hall–Kier alpha value is -2.83. The Bertz CT molecular complexity index is 1190. The van der Waals surface area contributed by atoms with Crippen LogP contribution in [-0.2, 0) is 12.1 Å². The van der Waals surface area contributed by atoms with Gasteiger partial charge in [-0.05, 0) is 37.5 Å². The molecule has 160 valence electrons. The van der Waals surface area contributed by atoms with Crippen LogP contribution in [0.25, 0.3) is 11.6 Å². The van der Waals surface area contributed by atoms with Crippen molar-refractivity contribution >= 4 is 23.3 Å². The third kappa shape index (κ3) is 4.60. The maximum Gasteiger partial charge on any atom is 0.211 e. The van der Waals surface area contributed by atoms with Crippen molar-refractivity contribution < 1.29 is 13.9 Å². The Morgan fingerprint density at radius 3 is 2.77 bits per heavy atom. The lowest BCUT2D eigenvalue weighted by molar-refractivity contribution is 0.0133. The van der Waals surface area contributed by atoms with Crippen LogP contribution >= 0.6 is 23.3 Å². The average molecular weight is 462 g/mol. The Morgan fingerprint density at radius 1 is 1.23 bits per heavy atom. The third-order valence-electron chi connectivity index (χ3n) is 4.62. The first kappa shape index (κ1) is 21.4. The van der Waals surface area contributed by atoms with Crippen LogP contribution in [0.15, 0.2) is 47.5 Å². The van der Waals surface area contributed by atoms with Gasteiger partial charge >= 0.3 is 0 Å². The van der Waals surface area contributed by atoms with Crippen molar-refractivity contribution in [3.05, 3.63) is 66.0 Å². The van der Waals surface area contributed by atoms with Crippen LogP contribution in [0.5, 0.6) is 0 Å². The van der Waals surface area contributed by atoms with E-state index in [4.69, 9.17) is 0 Å². The molecule has 0 amide bonds. The molecular weight excluding hydrogens is 444 g/mol. The van der Waals surface area contributed by atoms with Crippen LogP contribution in [0, 0.1) is 18.6 Å². The van der Waals surface area contributed by atoms with E-state index in [9.17, 15) is 13.9 Å². The van der Waals surface area contributed by atoms with E-state index in [1.807, 2.05) is 6.92 Å². The molecule has 0 saturated carbocycles. The molecule has 1 aromatic carbocycles. The van der Waals surface area contributed by atoms with Crippen molar-refractivity contribution in [3.63, 3.8) is 0 Å². The van der Waals surface area contributed by atoms with E-state index in [0.717, 1.165) is 29.4 Å². The number of nitrogens with zero attached hydrogens (tertiary/aromatic N) is 7. The number of hydrogen-bond donors (Lipinski definition) is 1. The van der Waals surface area contributed by atoms with Crippen molar-refractivity contribution in [1.82, 2.24) is 34.1 Å². The van der Waals surface area contributed by atoms with Gasteiger partial charge < -0.3 is 5.11 Å². The number of aryl methyl sites for hydroxylation is 1. The maximum absolute atomic E-state index is 14.6. The number of thioether (sulfide) groups is 1. The first-order chi connectivity index (χ1) is 14.8. The summed E-state index contributed by atoms with van der Waals surface area (Å²) in [5.41, 5.74) is -0.991. The molecule has 2 atom stereocenters. The van der Waals surface area contributed by atoms with E-state index in [-0.39, 0.29) is 12.1 Å². The maximum atomic E-state index is 14.6. The number of aliphatic hydroxyl groups is 1. The molecule has 8 nitrogen and oxygen atoms in total. The molecule has 4 rings (SSSR count). The molecule has 4 aromatic rings. The van der Waals surface area contributed by atoms with Gasteiger partial charge in [-0.3, -0.25) is 0 Å². The molecule has 0 spiro atoms. The monoisotopic (exact) mass is 461 g/mol. The minimum absolute atomic E-state index is 0.0452. The second kappa shape index (κ2) is 8.73. The molecule has 0 unspecified atom stereocenters. The fourth-order valence-electron chi connectivity index (χ4n) is 2.99. The van der Waals surface area contributed by atoms with Crippen molar-refractivity contribution in [2.75, 3.05) is 0 Å². The first-order valence-electron chi connectivity index (χ1n) is 9.16. The quantitative estimate of drug-likeness (QED) is 0.419. The van der Waals surface area contributed by atoms with Gasteiger partial charge in [0.15, 0.2) is 10.2 Å². The van der Waals surface area contributed by atoms with Gasteiger partial charge in [0.1, 0.15) is 29.9 Å². The summed E-state index contributed by atoms with van der Waals surface area (Å²) in [5, 5.41) is 15.0. The Labute approximate surface area is 184 Å². The van der Waals surface area contributed by atoms with Gasteiger partial charge in [-0.2, -0.15) is 9.47 Å². The van der Waals surface area contributed by atoms with Gasteiger partial charge in [0, 0.05) is 28.8 Å². The summed E-state index contributed by atoms with van der Waals surface area (Å²) >= 11 is 2.34. The lowest BCUT2D eigenvalue weighted by Crippen LogP contribution is -2.41. The molecule has 31 heavy (non-hydrogen) atoms. The normalized spacial score (nSPS) is 14.4. The van der Waals surface area contributed by atoms with Crippen LogP contribution in [0.4, 0.5) is 8.78 Å². The molecule has 0 bridgehead atoms. The highest BCUT2D eigenvalue weighted by atomic mass is 32.2. The molecule has 0 fully saturated rings. The van der Waals surface area contributed by atoms with Gasteiger partial charge in [0.25, 0.3) is 0 Å². The second-order valence-electron chi connectivity index (χ2n) is 6.81. The average Bonchev–Trinajstić information content (AvgIpc) is 3.40. The smallest absolute Gasteiger partial charge is 0.211 e. The molecular formula is C19H17F2N7OS2. The molecule has 3 aromatic heterocycles. The van der Waals surface area contributed by atoms with E-state index in [1.165, 1.54) is 35.2 Å². The highest BCUT2D eigenvalue weighted by Crippen LogP contribution is 2.40. The van der Waals surface area contributed by atoms with Crippen LogP contribution < -0.4 is 0 Å². The fraction of sp³-hybridized carbons (Fsp3) is 0.263. The van der Waals surface area contributed by atoms with Crippen LogP contribution in [0.1, 0.15) is 18.2 Å². The summed E-state index contributed by atoms with van der Waals surface area (Å²) in [7, 11) is 0. The Balaban J connectivity index is 1.64. The highest BCUT2D eigenvalue weighted by Gasteiger charge is 2.40. The summed E-state index contributed by atoms with van der Waals surface area (Å²) in [6.45, 7) is 3.49. The highest BCUT2D eigenvalue weighted by molar-refractivity contribution is 8.01. The van der Waals surface area contributed by atoms with Gasteiger partial charge in [-0.25, -0.2) is 33.4 Å². The summed E-state index contributed by atoms with van der Waals surface area (Å²) in [4.78, 5) is 16.8. The molecule has 0 radical (unpaired) electrons. The molecule has 3 heterocycles. The van der Waals surface area contributed by atoms with E-state index in [2.05, 4.69) is 29.4 Å². The summed E-state index contributed by atoms with van der Waals surface area (Å²) in [6.07, 6.45) is 4.36. The molecule has 12 heteroatoms. The molecule has 0 aliphatic carbocycles. The topological polar surface area (TPSA) is 102 Å². The number of hydrogen-bond acceptors (Lipinski definition) is 9. The predicted molar refractivity (Wildman–Crippen MR) is 111 cm³/mol. The van der Waals surface area contributed by atoms with Crippen LogP contribution in [0.3, 0.4) is 0 Å². The van der Waals surface area contributed by atoms with Crippen molar-refractivity contribution in [1.29, 1.82) is 0 Å². The SMILES string of the molecule is Cc1ccnc(-c2nsc(S[C@H](C)[C@](O)(Cn3cncn3)c3ccc(F)cc3F)n2)n1. The van der Waals surface area contributed by atoms with E-state index in [0.29, 0.717) is 16.0 Å². The number of rotatable bonds is 7.